The van der Waals surface area contributed by atoms with Crippen molar-refractivity contribution in [3.05, 3.63) is 0 Å². The first kappa shape index (κ1) is 11.4. The van der Waals surface area contributed by atoms with E-state index in [0.717, 1.165) is 4.90 Å². The summed E-state index contributed by atoms with van der Waals surface area (Å²) in [4.78, 5) is 27.4. The molecule has 0 unspecified atom stereocenters. The summed E-state index contributed by atoms with van der Waals surface area (Å²) in [6, 6.07) is -0.351. The van der Waals surface area contributed by atoms with Gasteiger partial charge < -0.3 is 9.64 Å². The van der Waals surface area contributed by atoms with Crippen molar-refractivity contribution in [3.63, 3.8) is 0 Å². The summed E-state index contributed by atoms with van der Waals surface area (Å²) < 4.78 is 4.47. The molecule has 0 atom stereocenters. The number of hydrogen-bond donors (Lipinski definition) is 0. The van der Waals surface area contributed by atoms with Gasteiger partial charge in [-0.2, -0.15) is 0 Å². The molecule has 0 aromatic rings. The minimum Gasteiger partial charge on any atom is -0.395 e. The second-order valence-electron chi connectivity index (χ2n) is 2.46. The fourth-order valence-electron chi connectivity index (χ4n) is 0.707. The van der Waals surface area contributed by atoms with Gasteiger partial charge in [-0.1, -0.05) is 0 Å². The van der Waals surface area contributed by atoms with E-state index in [1.165, 1.54) is 19.0 Å². The maximum absolute atomic E-state index is 11.3. The van der Waals surface area contributed by atoms with Crippen LogP contribution in [0.25, 0.3) is 0 Å². The minimum absolute atomic E-state index is 0.0336. The summed E-state index contributed by atoms with van der Waals surface area (Å²) in [5.41, 5.74) is 0. The summed E-state index contributed by atoms with van der Waals surface area (Å²) in [6.45, 7) is 0.224. The molecule has 6 heteroatoms. The molecule has 0 rings (SSSR count). The van der Waals surface area contributed by atoms with Gasteiger partial charge in [-0.05, 0) is 0 Å². The molecular formula is C7H13N3O3. The van der Waals surface area contributed by atoms with E-state index in [9.17, 15) is 9.59 Å². The molecule has 0 heterocycles. The standard InChI is InChI=1S/C7H13N3O3/c1-8-6(13-5-11)10(4)7(12)9(2)3/h5H,1-4H3/b8-6+. The van der Waals surface area contributed by atoms with Crippen LogP contribution < -0.4 is 0 Å². The first-order valence-corrected chi connectivity index (χ1v) is 3.56. The van der Waals surface area contributed by atoms with Crippen LogP contribution in [0.3, 0.4) is 0 Å². The van der Waals surface area contributed by atoms with E-state index in [2.05, 4.69) is 9.73 Å². The van der Waals surface area contributed by atoms with Crippen LogP contribution in [0.5, 0.6) is 0 Å². The molecule has 0 aliphatic rings. The van der Waals surface area contributed by atoms with E-state index >= 15 is 0 Å². The summed E-state index contributed by atoms with van der Waals surface area (Å²) >= 11 is 0. The fraction of sp³-hybridized carbons (Fsp3) is 0.571. The number of hydrogen-bond acceptors (Lipinski definition) is 4. The van der Waals surface area contributed by atoms with E-state index in [1.807, 2.05) is 0 Å². The van der Waals surface area contributed by atoms with Gasteiger partial charge in [0.2, 0.25) is 0 Å². The highest BCUT2D eigenvalue weighted by molar-refractivity contribution is 5.94. The van der Waals surface area contributed by atoms with Crippen LogP contribution in [0.1, 0.15) is 0 Å². The lowest BCUT2D eigenvalue weighted by Gasteiger charge is -2.20. The SMILES string of the molecule is C/N=C(/OC=O)N(C)C(=O)N(C)C. The molecule has 0 N–H and O–H groups in total. The maximum Gasteiger partial charge on any atom is 0.327 e. The largest absolute Gasteiger partial charge is 0.395 e. The van der Waals surface area contributed by atoms with Gasteiger partial charge in [0.25, 0.3) is 0 Å². The highest BCUT2D eigenvalue weighted by Gasteiger charge is 2.16. The van der Waals surface area contributed by atoms with Crippen LogP contribution in [0.15, 0.2) is 4.99 Å². The predicted molar refractivity (Wildman–Crippen MR) is 47.4 cm³/mol. The van der Waals surface area contributed by atoms with Crippen LogP contribution in [0.2, 0.25) is 0 Å². The first-order chi connectivity index (χ1) is 6.04. The van der Waals surface area contributed by atoms with Crippen molar-refractivity contribution < 1.29 is 14.3 Å². The smallest absolute Gasteiger partial charge is 0.327 e. The number of carbonyl (C=O) groups is 2. The third-order valence-electron chi connectivity index (χ3n) is 1.30. The lowest BCUT2D eigenvalue weighted by molar-refractivity contribution is -0.122. The predicted octanol–water partition coefficient (Wildman–Crippen LogP) is -0.241. The number of ether oxygens (including phenoxy) is 1. The fourth-order valence-corrected chi connectivity index (χ4v) is 0.707. The maximum atomic E-state index is 11.3. The van der Waals surface area contributed by atoms with Gasteiger partial charge in [0, 0.05) is 28.2 Å². The number of rotatable bonds is 1. The quantitative estimate of drug-likeness (QED) is 0.323. The lowest BCUT2D eigenvalue weighted by Crippen LogP contribution is -2.41. The molecule has 0 saturated heterocycles. The third kappa shape index (κ3) is 3.10. The van der Waals surface area contributed by atoms with Gasteiger partial charge in [0.1, 0.15) is 0 Å². The normalized spacial score (nSPS) is 10.6. The minimum atomic E-state index is -0.317. The van der Waals surface area contributed by atoms with E-state index < -0.39 is 0 Å². The van der Waals surface area contributed by atoms with Crippen LogP contribution >= 0.6 is 0 Å². The highest BCUT2D eigenvalue weighted by Crippen LogP contribution is 1.94. The number of carbonyl (C=O) groups excluding carboxylic acids is 2. The molecule has 0 aliphatic heterocycles. The van der Waals surface area contributed by atoms with Crippen molar-refractivity contribution in [2.24, 2.45) is 4.99 Å². The number of amidine groups is 1. The molecular weight excluding hydrogens is 174 g/mol. The zero-order valence-corrected chi connectivity index (χ0v) is 8.14. The Balaban J connectivity index is 4.46. The Morgan fingerprint density at radius 2 is 1.92 bits per heavy atom. The van der Waals surface area contributed by atoms with Crippen LogP contribution in [0, 0.1) is 0 Å². The van der Waals surface area contributed by atoms with E-state index in [-0.39, 0.29) is 18.5 Å². The molecule has 0 radical (unpaired) electrons. The molecule has 0 aromatic carbocycles. The Morgan fingerprint density at radius 3 is 2.23 bits per heavy atom. The summed E-state index contributed by atoms with van der Waals surface area (Å²) in [6.07, 6.45) is 0. The molecule has 0 aromatic heterocycles. The molecule has 0 spiro atoms. The third-order valence-corrected chi connectivity index (χ3v) is 1.30. The van der Waals surface area contributed by atoms with Gasteiger partial charge in [-0.3, -0.25) is 9.69 Å². The molecule has 0 bridgehead atoms. The number of amides is 2. The number of nitrogens with zero attached hydrogens (tertiary/aromatic N) is 3. The molecule has 0 fully saturated rings. The second kappa shape index (κ2) is 5.13. The average molecular weight is 187 g/mol. The molecule has 0 aliphatic carbocycles. The van der Waals surface area contributed by atoms with Crippen molar-refractivity contribution in [1.29, 1.82) is 0 Å². The summed E-state index contributed by atoms with van der Waals surface area (Å²) in [5.74, 6) is 0. The van der Waals surface area contributed by atoms with E-state index in [4.69, 9.17) is 0 Å². The van der Waals surface area contributed by atoms with Gasteiger partial charge in [0.05, 0.1) is 0 Å². The molecule has 6 nitrogen and oxygen atoms in total. The van der Waals surface area contributed by atoms with E-state index in [1.54, 1.807) is 14.1 Å². The Kier molecular flexibility index (Phi) is 4.50. The van der Waals surface area contributed by atoms with Crippen LogP contribution in [0.4, 0.5) is 4.79 Å². The molecule has 74 valence electrons. The monoisotopic (exact) mass is 187 g/mol. The lowest BCUT2D eigenvalue weighted by atomic mass is 10.7. The Hall–Kier alpha value is -1.59. The Bertz CT molecular complexity index is 225. The zero-order valence-electron chi connectivity index (χ0n) is 8.14. The molecule has 0 saturated carbocycles. The van der Waals surface area contributed by atoms with E-state index in [0.29, 0.717) is 0 Å². The van der Waals surface area contributed by atoms with Crippen molar-refractivity contribution in [2.45, 2.75) is 0 Å². The van der Waals surface area contributed by atoms with Crippen molar-refractivity contribution in [3.8, 4) is 0 Å². The van der Waals surface area contributed by atoms with Gasteiger partial charge in [-0.15, -0.1) is 0 Å². The van der Waals surface area contributed by atoms with Crippen LogP contribution in [-0.4, -0.2) is 56.5 Å². The highest BCUT2D eigenvalue weighted by atomic mass is 16.5. The summed E-state index contributed by atoms with van der Waals surface area (Å²) in [5, 5.41) is 0. The molecule has 2 amide bonds. The van der Waals surface area contributed by atoms with Crippen molar-refractivity contribution in [2.75, 3.05) is 28.2 Å². The van der Waals surface area contributed by atoms with Crippen molar-refractivity contribution in [1.82, 2.24) is 9.80 Å². The van der Waals surface area contributed by atoms with Crippen LogP contribution in [-0.2, 0) is 9.53 Å². The topological polar surface area (TPSA) is 62.2 Å². The first-order valence-electron chi connectivity index (χ1n) is 3.56. The summed E-state index contributed by atoms with van der Waals surface area (Å²) in [7, 11) is 6.08. The zero-order chi connectivity index (χ0) is 10.4. The second-order valence-corrected chi connectivity index (χ2v) is 2.46. The Morgan fingerprint density at radius 1 is 1.38 bits per heavy atom. The molecule has 13 heavy (non-hydrogen) atoms. The van der Waals surface area contributed by atoms with Gasteiger partial charge in [0.15, 0.2) is 0 Å². The Labute approximate surface area is 76.8 Å². The van der Waals surface area contributed by atoms with Crippen molar-refractivity contribution >= 4 is 18.5 Å². The number of aliphatic imine (C=N–C) groups is 1. The van der Waals surface area contributed by atoms with Gasteiger partial charge >= 0.3 is 18.5 Å². The van der Waals surface area contributed by atoms with Gasteiger partial charge in [-0.25, -0.2) is 9.79 Å². The average Bonchev–Trinajstić information content (AvgIpc) is 2.11. The number of urea groups is 1.